The largest absolute Gasteiger partial charge is 0.241 e. The van der Waals surface area contributed by atoms with Crippen LogP contribution >= 0.6 is 39.1 Å². The molecule has 0 fully saturated rings. The van der Waals surface area contributed by atoms with Crippen molar-refractivity contribution in [2.75, 3.05) is 0 Å². The van der Waals surface area contributed by atoms with Crippen LogP contribution in [0.3, 0.4) is 0 Å². The highest BCUT2D eigenvalue weighted by atomic mass is 79.9. The lowest BCUT2D eigenvalue weighted by Crippen LogP contribution is -2.23. The zero-order valence-electron chi connectivity index (χ0n) is 10.1. The minimum absolute atomic E-state index is 0.0725. The van der Waals surface area contributed by atoms with Gasteiger partial charge in [0.25, 0.3) is 0 Å². The molecule has 1 N–H and O–H groups in total. The number of nitrogens with one attached hydrogen (secondary N) is 1. The van der Waals surface area contributed by atoms with Crippen molar-refractivity contribution < 1.29 is 8.42 Å². The summed E-state index contributed by atoms with van der Waals surface area (Å²) in [5.74, 6) is 0. The lowest BCUT2D eigenvalue weighted by Gasteiger charge is -2.09. The van der Waals surface area contributed by atoms with Gasteiger partial charge in [-0.15, -0.1) is 0 Å². The van der Waals surface area contributed by atoms with Crippen molar-refractivity contribution in [3.8, 4) is 0 Å². The third-order valence-corrected chi connectivity index (χ3v) is 5.60. The maximum atomic E-state index is 12.2. The second-order valence-electron chi connectivity index (χ2n) is 3.99. The van der Waals surface area contributed by atoms with Crippen LogP contribution in [-0.4, -0.2) is 8.42 Å². The van der Waals surface area contributed by atoms with Gasteiger partial charge in [0.1, 0.15) is 0 Å². The molecule has 0 atom stereocenters. The van der Waals surface area contributed by atoms with Crippen LogP contribution in [0.1, 0.15) is 5.56 Å². The highest BCUT2D eigenvalue weighted by Gasteiger charge is 2.17. The average molecular weight is 395 g/mol. The van der Waals surface area contributed by atoms with E-state index >= 15 is 0 Å². The Balaban J connectivity index is 2.22. The Labute approximate surface area is 136 Å². The predicted octanol–water partition coefficient (Wildman–Crippen LogP) is 4.23. The van der Waals surface area contributed by atoms with Gasteiger partial charge in [-0.1, -0.05) is 35.3 Å². The molecular formula is C13H10BrCl2NO2S. The highest BCUT2D eigenvalue weighted by Crippen LogP contribution is 2.23. The fraction of sp³-hybridized carbons (Fsp3) is 0.0769. The first-order chi connectivity index (χ1) is 9.40. The highest BCUT2D eigenvalue weighted by molar-refractivity contribution is 9.10. The Morgan fingerprint density at radius 2 is 1.80 bits per heavy atom. The molecule has 0 aromatic heterocycles. The van der Waals surface area contributed by atoms with E-state index in [4.69, 9.17) is 23.2 Å². The van der Waals surface area contributed by atoms with Gasteiger partial charge >= 0.3 is 0 Å². The van der Waals surface area contributed by atoms with Gasteiger partial charge in [-0.3, -0.25) is 0 Å². The van der Waals surface area contributed by atoms with E-state index in [0.717, 1.165) is 0 Å². The quantitative estimate of drug-likeness (QED) is 0.843. The van der Waals surface area contributed by atoms with Gasteiger partial charge < -0.3 is 0 Å². The zero-order valence-corrected chi connectivity index (χ0v) is 14.0. The maximum absolute atomic E-state index is 12.2. The SMILES string of the molecule is O=S(=O)(NCc1cc(Cl)ccc1Cl)c1ccccc1Br. The first-order valence-corrected chi connectivity index (χ1v) is 8.61. The van der Waals surface area contributed by atoms with Crippen molar-refractivity contribution in [3.63, 3.8) is 0 Å². The van der Waals surface area contributed by atoms with Crippen molar-refractivity contribution in [3.05, 3.63) is 62.5 Å². The van der Waals surface area contributed by atoms with Crippen LogP contribution in [-0.2, 0) is 16.6 Å². The fourth-order valence-corrected chi connectivity index (χ4v) is 3.98. The molecule has 0 unspecified atom stereocenters. The van der Waals surface area contributed by atoms with Gasteiger partial charge in [0.2, 0.25) is 10.0 Å². The third kappa shape index (κ3) is 3.74. The number of benzene rings is 2. The molecular weight excluding hydrogens is 385 g/mol. The molecule has 106 valence electrons. The van der Waals surface area contributed by atoms with Crippen molar-refractivity contribution in [2.45, 2.75) is 11.4 Å². The Morgan fingerprint density at radius 1 is 1.10 bits per heavy atom. The molecule has 20 heavy (non-hydrogen) atoms. The van der Waals surface area contributed by atoms with Gasteiger partial charge in [0.05, 0.1) is 4.90 Å². The van der Waals surface area contributed by atoms with E-state index in [2.05, 4.69) is 20.7 Å². The summed E-state index contributed by atoms with van der Waals surface area (Å²) in [6, 6.07) is 11.5. The molecule has 0 saturated heterocycles. The van der Waals surface area contributed by atoms with Crippen LogP contribution in [0.5, 0.6) is 0 Å². The van der Waals surface area contributed by atoms with Crippen LogP contribution in [0, 0.1) is 0 Å². The molecule has 0 aliphatic rings. The Morgan fingerprint density at radius 3 is 2.50 bits per heavy atom. The van der Waals surface area contributed by atoms with Crippen LogP contribution in [0.2, 0.25) is 10.0 Å². The number of sulfonamides is 1. The van der Waals surface area contributed by atoms with Crippen LogP contribution in [0.4, 0.5) is 0 Å². The Kier molecular flexibility index (Phi) is 5.09. The van der Waals surface area contributed by atoms with E-state index in [1.165, 1.54) is 6.07 Å². The molecule has 0 heterocycles. The zero-order chi connectivity index (χ0) is 14.8. The van der Waals surface area contributed by atoms with Crippen LogP contribution in [0.15, 0.2) is 51.8 Å². The topological polar surface area (TPSA) is 46.2 Å². The maximum Gasteiger partial charge on any atom is 0.241 e. The number of rotatable bonds is 4. The molecule has 2 rings (SSSR count). The number of halogens is 3. The number of hydrogen-bond acceptors (Lipinski definition) is 2. The average Bonchev–Trinajstić information content (AvgIpc) is 2.40. The molecule has 7 heteroatoms. The van der Waals surface area contributed by atoms with E-state index < -0.39 is 10.0 Å². The summed E-state index contributed by atoms with van der Waals surface area (Å²) >= 11 is 15.1. The van der Waals surface area contributed by atoms with E-state index in [-0.39, 0.29) is 11.4 Å². The summed E-state index contributed by atoms with van der Waals surface area (Å²) in [5.41, 5.74) is 0.620. The minimum Gasteiger partial charge on any atom is -0.207 e. The minimum atomic E-state index is -3.62. The molecule has 0 saturated carbocycles. The molecule has 0 amide bonds. The van der Waals surface area contributed by atoms with Gasteiger partial charge in [-0.2, -0.15) is 0 Å². The van der Waals surface area contributed by atoms with Gasteiger partial charge in [0, 0.05) is 21.1 Å². The van der Waals surface area contributed by atoms with E-state index in [1.54, 1.807) is 36.4 Å². The molecule has 2 aromatic rings. The van der Waals surface area contributed by atoms with Crippen molar-refractivity contribution in [1.82, 2.24) is 4.72 Å². The lowest BCUT2D eigenvalue weighted by atomic mass is 10.2. The van der Waals surface area contributed by atoms with E-state index in [9.17, 15) is 8.42 Å². The van der Waals surface area contributed by atoms with Crippen molar-refractivity contribution in [1.29, 1.82) is 0 Å². The number of hydrogen-bond donors (Lipinski definition) is 1. The predicted molar refractivity (Wildman–Crippen MR) is 84.6 cm³/mol. The molecule has 2 aromatic carbocycles. The second-order valence-corrected chi connectivity index (χ2v) is 7.42. The monoisotopic (exact) mass is 393 g/mol. The molecule has 0 aliphatic carbocycles. The summed E-state index contributed by atoms with van der Waals surface area (Å²) in [4.78, 5) is 0.179. The molecule has 0 aliphatic heterocycles. The summed E-state index contributed by atoms with van der Waals surface area (Å²) in [6.07, 6.45) is 0. The van der Waals surface area contributed by atoms with Gasteiger partial charge in [-0.05, 0) is 51.8 Å². The summed E-state index contributed by atoms with van der Waals surface area (Å²) < 4.78 is 27.4. The summed E-state index contributed by atoms with van der Waals surface area (Å²) in [7, 11) is -3.62. The van der Waals surface area contributed by atoms with Crippen LogP contribution < -0.4 is 4.72 Å². The first kappa shape index (κ1) is 15.8. The molecule has 3 nitrogen and oxygen atoms in total. The third-order valence-electron chi connectivity index (χ3n) is 2.59. The first-order valence-electron chi connectivity index (χ1n) is 5.58. The van der Waals surface area contributed by atoms with E-state index in [0.29, 0.717) is 20.1 Å². The fourth-order valence-electron chi connectivity index (χ4n) is 1.59. The Hall–Kier alpha value is -0.590. The molecule has 0 spiro atoms. The normalized spacial score (nSPS) is 11.6. The van der Waals surface area contributed by atoms with Crippen molar-refractivity contribution >= 4 is 49.2 Å². The second kappa shape index (κ2) is 6.45. The smallest absolute Gasteiger partial charge is 0.207 e. The van der Waals surface area contributed by atoms with Crippen LogP contribution in [0.25, 0.3) is 0 Å². The molecule has 0 radical (unpaired) electrons. The standard InChI is InChI=1S/C13H10BrCl2NO2S/c14-11-3-1-2-4-13(11)20(18,19)17-8-9-7-10(15)5-6-12(9)16/h1-7,17H,8H2. The van der Waals surface area contributed by atoms with E-state index in [1.807, 2.05) is 0 Å². The molecule has 0 bridgehead atoms. The Bertz CT molecular complexity index is 735. The summed E-state index contributed by atoms with van der Waals surface area (Å²) in [6.45, 7) is 0.0725. The van der Waals surface area contributed by atoms with Gasteiger partial charge in [-0.25, -0.2) is 13.1 Å². The van der Waals surface area contributed by atoms with Gasteiger partial charge in [0.15, 0.2) is 0 Å². The van der Waals surface area contributed by atoms with Crippen molar-refractivity contribution in [2.24, 2.45) is 0 Å². The summed E-state index contributed by atoms with van der Waals surface area (Å²) in [5, 5.41) is 0.966. The lowest BCUT2D eigenvalue weighted by molar-refractivity contribution is 0.581.